The third-order valence-electron chi connectivity index (χ3n) is 3.16. The molecule has 5 heteroatoms. The number of hydrogen-bond donors (Lipinski definition) is 1. The van der Waals surface area contributed by atoms with Crippen molar-refractivity contribution in [3.8, 4) is 11.5 Å². The van der Waals surface area contributed by atoms with Gasteiger partial charge < -0.3 is 15.2 Å². The number of nitrogens with two attached hydrogens (primary N) is 1. The topological polar surface area (TPSA) is 61.6 Å². The molecule has 100 valence electrons. The van der Waals surface area contributed by atoms with Crippen molar-refractivity contribution >= 4 is 10.8 Å². The summed E-state index contributed by atoms with van der Waals surface area (Å²) in [5, 5.41) is -0.0717. The minimum Gasteiger partial charge on any atom is -0.486 e. The van der Waals surface area contributed by atoms with Crippen LogP contribution in [-0.4, -0.2) is 28.7 Å². The Morgan fingerprint density at radius 2 is 2.00 bits per heavy atom. The molecule has 0 aliphatic carbocycles. The summed E-state index contributed by atoms with van der Waals surface area (Å²) in [6.07, 6.45) is 0.817. The first-order chi connectivity index (χ1) is 8.63. The Morgan fingerprint density at radius 1 is 1.33 bits per heavy atom. The lowest BCUT2D eigenvalue weighted by atomic mass is 10.2. The Hall–Kier alpha value is -1.07. The molecule has 0 saturated carbocycles. The zero-order chi connectivity index (χ0) is 13.1. The smallest absolute Gasteiger partial charge is 0.162 e. The van der Waals surface area contributed by atoms with E-state index in [4.69, 9.17) is 15.2 Å². The Bertz CT molecular complexity index is 450. The minimum absolute atomic E-state index is 0.0564. The summed E-state index contributed by atoms with van der Waals surface area (Å²) in [4.78, 5) is 0.746. The number of rotatable bonds is 4. The highest BCUT2D eigenvalue weighted by Gasteiger charge is 2.21. The van der Waals surface area contributed by atoms with E-state index in [-0.39, 0.29) is 11.3 Å². The Labute approximate surface area is 110 Å². The van der Waals surface area contributed by atoms with Gasteiger partial charge in [0.15, 0.2) is 11.5 Å². The van der Waals surface area contributed by atoms with Crippen molar-refractivity contribution in [3.05, 3.63) is 18.2 Å². The average Bonchev–Trinajstić information content (AvgIpc) is 2.44. The van der Waals surface area contributed by atoms with Crippen molar-refractivity contribution in [1.82, 2.24) is 0 Å². The SMILES string of the molecule is CCC(N)C(C)S(=O)c1ccc2c(c1)OCCO2. The van der Waals surface area contributed by atoms with Gasteiger partial charge in [0.2, 0.25) is 0 Å². The van der Waals surface area contributed by atoms with Crippen LogP contribution in [0.2, 0.25) is 0 Å². The summed E-state index contributed by atoms with van der Waals surface area (Å²) in [6.45, 7) is 5.02. The quantitative estimate of drug-likeness (QED) is 0.903. The van der Waals surface area contributed by atoms with Crippen LogP contribution in [0.1, 0.15) is 20.3 Å². The van der Waals surface area contributed by atoms with E-state index < -0.39 is 10.8 Å². The summed E-state index contributed by atoms with van der Waals surface area (Å²) >= 11 is 0. The van der Waals surface area contributed by atoms with Crippen LogP contribution in [0.3, 0.4) is 0 Å². The fourth-order valence-electron chi connectivity index (χ4n) is 1.85. The maximum absolute atomic E-state index is 12.4. The van der Waals surface area contributed by atoms with Gasteiger partial charge >= 0.3 is 0 Å². The standard InChI is InChI=1S/C13H19NO3S/c1-3-11(14)9(2)18(15)10-4-5-12-13(8-10)17-7-6-16-12/h4-5,8-9,11H,3,6-7,14H2,1-2H3. The minimum atomic E-state index is -1.12. The molecule has 0 spiro atoms. The Kier molecular flexibility index (Phi) is 4.24. The lowest BCUT2D eigenvalue weighted by Gasteiger charge is -2.21. The highest BCUT2D eigenvalue weighted by Crippen LogP contribution is 2.32. The van der Waals surface area contributed by atoms with E-state index in [9.17, 15) is 4.21 Å². The molecule has 4 nitrogen and oxygen atoms in total. The van der Waals surface area contributed by atoms with Gasteiger partial charge in [0.25, 0.3) is 0 Å². The third-order valence-corrected chi connectivity index (χ3v) is 4.90. The molecule has 1 heterocycles. The molecular weight excluding hydrogens is 250 g/mol. The maximum Gasteiger partial charge on any atom is 0.162 e. The van der Waals surface area contributed by atoms with E-state index in [1.807, 2.05) is 26.0 Å². The van der Waals surface area contributed by atoms with Crippen LogP contribution in [0.4, 0.5) is 0 Å². The first-order valence-electron chi connectivity index (χ1n) is 6.19. The first kappa shape index (κ1) is 13.4. The van der Waals surface area contributed by atoms with Gasteiger partial charge in [-0.2, -0.15) is 0 Å². The monoisotopic (exact) mass is 269 g/mol. The maximum atomic E-state index is 12.4. The average molecular weight is 269 g/mol. The second-order valence-corrected chi connectivity index (χ2v) is 6.19. The molecule has 1 aromatic rings. The largest absolute Gasteiger partial charge is 0.486 e. The number of benzene rings is 1. The summed E-state index contributed by atoms with van der Waals surface area (Å²) in [7, 11) is -1.12. The summed E-state index contributed by atoms with van der Waals surface area (Å²) in [6, 6.07) is 5.37. The lowest BCUT2D eigenvalue weighted by molar-refractivity contribution is 0.171. The van der Waals surface area contributed by atoms with E-state index >= 15 is 0 Å². The van der Waals surface area contributed by atoms with Gasteiger partial charge in [-0.15, -0.1) is 0 Å². The molecule has 18 heavy (non-hydrogen) atoms. The lowest BCUT2D eigenvalue weighted by Crippen LogP contribution is -2.34. The third kappa shape index (κ3) is 2.67. The second-order valence-electron chi connectivity index (χ2n) is 4.38. The normalized spacial score (nSPS) is 19.1. The van der Waals surface area contributed by atoms with Gasteiger partial charge in [0, 0.05) is 17.0 Å². The van der Waals surface area contributed by atoms with E-state index in [1.54, 1.807) is 6.07 Å². The van der Waals surface area contributed by atoms with Gasteiger partial charge in [-0.25, -0.2) is 0 Å². The Morgan fingerprint density at radius 3 is 2.67 bits per heavy atom. The van der Waals surface area contributed by atoms with Crippen LogP contribution >= 0.6 is 0 Å². The van der Waals surface area contributed by atoms with Gasteiger partial charge in [-0.3, -0.25) is 4.21 Å². The van der Waals surface area contributed by atoms with E-state index in [1.165, 1.54) is 0 Å². The zero-order valence-corrected chi connectivity index (χ0v) is 11.5. The molecule has 2 N–H and O–H groups in total. The molecule has 0 amide bonds. The molecule has 3 atom stereocenters. The fourth-order valence-corrected chi connectivity index (χ4v) is 3.22. The predicted molar refractivity (Wildman–Crippen MR) is 71.6 cm³/mol. The van der Waals surface area contributed by atoms with Gasteiger partial charge in [-0.05, 0) is 25.5 Å². The first-order valence-corrected chi connectivity index (χ1v) is 7.40. The number of ether oxygens (including phenoxy) is 2. The van der Waals surface area contributed by atoms with Crippen LogP contribution in [0.25, 0.3) is 0 Å². The number of fused-ring (bicyclic) bond motifs is 1. The summed E-state index contributed by atoms with van der Waals surface area (Å²) in [5.74, 6) is 1.39. The van der Waals surface area contributed by atoms with Crippen LogP contribution in [0, 0.1) is 0 Å². The molecule has 2 rings (SSSR count). The van der Waals surface area contributed by atoms with Crippen molar-refractivity contribution in [2.75, 3.05) is 13.2 Å². The number of hydrogen-bond acceptors (Lipinski definition) is 4. The van der Waals surface area contributed by atoms with Crippen LogP contribution < -0.4 is 15.2 Å². The van der Waals surface area contributed by atoms with Crippen molar-refractivity contribution in [2.24, 2.45) is 5.73 Å². The van der Waals surface area contributed by atoms with Gasteiger partial charge in [-0.1, -0.05) is 6.92 Å². The van der Waals surface area contributed by atoms with Crippen LogP contribution in [-0.2, 0) is 10.8 Å². The fraction of sp³-hybridized carbons (Fsp3) is 0.538. The Balaban J connectivity index is 2.20. The van der Waals surface area contributed by atoms with E-state index in [0.717, 1.165) is 17.1 Å². The molecular formula is C13H19NO3S. The van der Waals surface area contributed by atoms with Crippen LogP contribution in [0.5, 0.6) is 11.5 Å². The molecule has 3 unspecified atom stereocenters. The molecule has 0 fully saturated rings. The van der Waals surface area contributed by atoms with Crippen molar-refractivity contribution < 1.29 is 13.7 Å². The van der Waals surface area contributed by atoms with Crippen molar-refractivity contribution in [1.29, 1.82) is 0 Å². The molecule has 1 aliphatic heterocycles. The zero-order valence-electron chi connectivity index (χ0n) is 10.7. The van der Waals surface area contributed by atoms with Crippen molar-refractivity contribution in [3.63, 3.8) is 0 Å². The molecule has 0 aromatic heterocycles. The molecule has 0 bridgehead atoms. The molecule has 0 radical (unpaired) electrons. The highest BCUT2D eigenvalue weighted by molar-refractivity contribution is 7.85. The molecule has 0 saturated heterocycles. The molecule has 1 aromatic carbocycles. The van der Waals surface area contributed by atoms with Crippen molar-refractivity contribution in [2.45, 2.75) is 36.5 Å². The predicted octanol–water partition coefficient (Wildman–Crippen LogP) is 1.69. The van der Waals surface area contributed by atoms with Gasteiger partial charge in [0.05, 0.1) is 16.0 Å². The highest BCUT2D eigenvalue weighted by atomic mass is 32.2. The summed E-state index contributed by atoms with van der Waals surface area (Å²) < 4.78 is 23.3. The summed E-state index contributed by atoms with van der Waals surface area (Å²) in [5.41, 5.74) is 5.94. The van der Waals surface area contributed by atoms with E-state index in [0.29, 0.717) is 19.0 Å². The second kappa shape index (κ2) is 5.71. The van der Waals surface area contributed by atoms with Gasteiger partial charge in [0.1, 0.15) is 13.2 Å². The molecule has 1 aliphatic rings. The van der Waals surface area contributed by atoms with Crippen LogP contribution in [0.15, 0.2) is 23.1 Å². The van der Waals surface area contributed by atoms with E-state index in [2.05, 4.69) is 0 Å².